The van der Waals surface area contributed by atoms with Crippen LogP contribution < -0.4 is 20.1 Å². The number of nitrogens with one attached hydrogen (secondary N) is 2. The number of ether oxygens (including phenoxy) is 3. The van der Waals surface area contributed by atoms with Gasteiger partial charge in [-0.05, 0) is 44.4 Å². The molecule has 0 heterocycles. The van der Waals surface area contributed by atoms with Gasteiger partial charge in [-0.2, -0.15) is 0 Å². The lowest BCUT2D eigenvalue weighted by Crippen LogP contribution is -2.39. The van der Waals surface area contributed by atoms with Gasteiger partial charge in [-0.25, -0.2) is 0 Å². The lowest BCUT2D eigenvalue weighted by Gasteiger charge is -2.21. The van der Waals surface area contributed by atoms with Crippen LogP contribution in [0.25, 0.3) is 0 Å². The second kappa shape index (κ2) is 13.2. The van der Waals surface area contributed by atoms with Crippen molar-refractivity contribution >= 4 is 5.96 Å². The van der Waals surface area contributed by atoms with Crippen molar-refractivity contribution in [1.29, 1.82) is 0 Å². The van der Waals surface area contributed by atoms with Gasteiger partial charge >= 0.3 is 0 Å². The van der Waals surface area contributed by atoms with E-state index < -0.39 is 6.10 Å². The molecule has 0 amide bonds. The van der Waals surface area contributed by atoms with Crippen molar-refractivity contribution in [2.24, 2.45) is 10.9 Å². The van der Waals surface area contributed by atoms with E-state index in [4.69, 9.17) is 14.2 Å². The predicted octanol–water partition coefficient (Wildman–Crippen LogP) is 2.74. The van der Waals surface area contributed by atoms with Crippen molar-refractivity contribution in [2.45, 2.75) is 46.3 Å². The molecule has 28 heavy (non-hydrogen) atoms. The van der Waals surface area contributed by atoms with Crippen molar-refractivity contribution < 1.29 is 19.3 Å². The number of aliphatic hydroxyl groups is 1. The van der Waals surface area contributed by atoms with Crippen molar-refractivity contribution in [3.05, 3.63) is 23.8 Å². The monoisotopic (exact) mass is 395 g/mol. The fourth-order valence-corrected chi connectivity index (χ4v) is 2.87. The molecule has 0 bridgehead atoms. The van der Waals surface area contributed by atoms with Gasteiger partial charge in [0, 0.05) is 25.3 Å². The predicted molar refractivity (Wildman–Crippen MR) is 113 cm³/mol. The van der Waals surface area contributed by atoms with Crippen molar-refractivity contribution in [3.8, 4) is 11.5 Å². The number of benzene rings is 1. The first-order chi connectivity index (χ1) is 13.5. The summed E-state index contributed by atoms with van der Waals surface area (Å²) >= 11 is 0. The fourth-order valence-electron chi connectivity index (χ4n) is 2.87. The number of hydrogen-bond donors (Lipinski definition) is 3. The molecule has 0 saturated carbocycles. The Morgan fingerprint density at radius 1 is 1.14 bits per heavy atom. The van der Waals surface area contributed by atoms with Gasteiger partial charge in [0.1, 0.15) is 17.6 Å². The number of rotatable bonds is 12. The number of aliphatic hydroxyl groups excluding tert-OH is 1. The van der Waals surface area contributed by atoms with Crippen LogP contribution in [0.15, 0.2) is 23.2 Å². The van der Waals surface area contributed by atoms with E-state index in [1.807, 2.05) is 13.8 Å². The van der Waals surface area contributed by atoms with E-state index in [1.165, 1.54) is 0 Å². The van der Waals surface area contributed by atoms with Gasteiger partial charge in [0.05, 0.1) is 26.9 Å². The molecule has 0 fully saturated rings. The number of nitrogens with zero attached hydrogens (tertiary/aromatic N) is 1. The minimum absolute atomic E-state index is 0.206. The molecule has 2 atom stereocenters. The van der Waals surface area contributed by atoms with Crippen LogP contribution in [0.1, 0.15) is 45.8 Å². The summed E-state index contributed by atoms with van der Waals surface area (Å²) in [5, 5.41) is 17.1. The zero-order valence-electron chi connectivity index (χ0n) is 18.1. The summed E-state index contributed by atoms with van der Waals surface area (Å²) < 4.78 is 16.4. The molecule has 0 radical (unpaired) electrons. The summed E-state index contributed by atoms with van der Waals surface area (Å²) in [5.74, 6) is 2.41. The van der Waals surface area contributed by atoms with Crippen molar-refractivity contribution in [2.75, 3.05) is 40.5 Å². The average molecular weight is 396 g/mol. The van der Waals surface area contributed by atoms with Crippen LogP contribution >= 0.6 is 0 Å². The fraction of sp³-hybridized carbons (Fsp3) is 0.667. The highest BCUT2D eigenvalue weighted by Crippen LogP contribution is 2.29. The molecule has 0 saturated heterocycles. The zero-order valence-corrected chi connectivity index (χ0v) is 18.1. The summed E-state index contributed by atoms with van der Waals surface area (Å²) in [7, 11) is 3.17. The van der Waals surface area contributed by atoms with E-state index in [0.717, 1.165) is 19.5 Å². The van der Waals surface area contributed by atoms with Crippen molar-refractivity contribution in [1.82, 2.24) is 10.6 Å². The lowest BCUT2D eigenvalue weighted by atomic mass is 10.0. The standard InChI is InChI=1S/C21H37N3O4/c1-7-22-21(23-12-11-19(15(3)4)28-8-2)24-14-18(25)17-13-16(26-5)9-10-20(17)27-6/h9-10,13,15,18-19,25H,7-8,11-12,14H2,1-6H3,(H2,22,23,24). The lowest BCUT2D eigenvalue weighted by molar-refractivity contribution is 0.0258. The zero-order chi connectivity index (χ0) is 20.9. The summed E-state index contributed by atoms with van der Waals surface area (Å²) in [6, 6.07) is 5.35. The Balaban J connectivity index is 2.73. The molecule has 1 rings (SSSR count). The molecule has 1 aromatic carbocycles. The maximum absolute atomic E-state index is 10.6. The van der Waals surface area contributed by atoms with Gasteiger partial charge in [-0.3, -0.25) is 4.99 Å². The molecule has 0 spiro atoms. The summed E-state index contributed by atoms with van der Waals surface area (Å²) in [5.41, 5.74) is 0.651. The maximum Gasteiger partial charge on any atom is 0.191 e. The van der Waals surface area contributed by atoms with Gasteiger partial charge < -0.3 is 30.0 Å². The van der Waals surface area contributed by atoms with Crippen LogP contribution in [0.4, 0.5) is 0 Å². The third-order valence-electron chi connectivity index (χ3n) is 4.41. The normalized spacial score (nSPS) is 13.9. The molecule has 0 aliphatic heterocycles. The van der Waals surface area contributed by atoms with E-state index in [2.05, 4.69) is 29.5 Å². The number of hydrogen-bond acceptors (Lipinski definition) is 5. The molecular weight excluding hydrogens is 358 g/mol. The highest BCUT2D eigenvalue weighted by Gasteiger charge is 2.16. The second-order valence-corrected chi connectivity index (χ2v) is 6.80. The minimum Gasteiger partial charge on any atom is -0.497 e. The Labute approximate surface area is 169 Å². The Morgan fingerprint density at radius 3 is 2.46 bits per heavy atom. The Bertz CT molecular complexity index is 593. The number of aliphatic imine (C=N–C) groups is 1. The molecule has 160 valence electrons. The van der Waals surface area contributed by atoms with Crippen LogP contribution in [0.3, 0.4) is 0 Å². The van der Waals surface area contributed by atoms with E-state index in [0.29, 0.717) is 35.5 Å². The third-order valence-corrected chi connectivity index (χ3v) is 4.41. The van der Waals surface area contributed by atoms with Crippen LogP contribution in [-0.4, -0.2) is 57.6 Å². The Hall–Kier alpha value is -1.99. The van der Waals surface area contributed by atoms with E-state index in [1.54, 1.807) is 32.4 Å². The van der Waals surface area contributed by atoms with Crippen LogP contribution in [0.2, 0.25) is 0 Å². The first-order valence-corrected chi connectivity index (χ1v) is 10.00. The van der Waals surface area contributed by atoms with Gasteiger partial charge in [-0.15, -0.1) is 0 Å². The first kappa shape index (κ1) is 24.0. The molecule has 0 aliphatic carbocycles. The summed E-state index contributed by atoms with van der Waals surface area (Å²) in [4.78, 5) is 4.52. The molecule has 1 aromatic rings. The molecular formula is C21H37N3O4. The molecule has 7 nitrogen and oxygen atoms in total. The largest absolute Gasteiger partial charge is 0.497 e. The van der Waals surface area contributed by atoms with Crippen LogP contribution in [-0.2, 0) is 4.74 Å². The van der Waals surface area contributed by atoms with E-state index in [-0.39, 0.29) is 12.6 Å². The number of methoxy groups -OCH3 is 2. The van der Waals surface area contributed by atoms with E-state index in [9.17, 15) is 5.11 Å². The van der Waals surface area contributed by atoms with Crippen LogP contribution in [0, 0.1) is 5.92 Å². The van der Waals surface area contributed by atoms with Crippen molar-refractivity contribution in [3.63, 3.8) is 0 Å². The third kappa shape index (κ3) is 7.94. The van der Waals surface area contributed by atoms with E-state index >= 15 is 0 Å². The molecule has 3 N–H and O–H groups in total. The number of guanidine groups is 1. The average Bonchev–Trinajstić information content (AvgIpc) is 2.70. The SMILES string of the molecule is CCNC(=NCC(O)c1cc(OC)ccc1OC)NCCC(OCC)C(C)C. The molecule has 2 unspecified atom stereocenters. The summed E-state index contributed by atoms with van der Waals surface area (Å²) in [6.07, 6.45) is 0.307. The van der Waals surface area contributed by atoms with Crippen LogP contribution in [0.5, 0.6) is 11.5 Å². The highest BCUT2D eigenvalue weighted by molar-refractivity contribution is 5.79. The van der Waals surface area contributed by atoms with Gasteiger partial charge in [0.25, 0.3) is 0 Å². The highest BCUT2D eigenvalue weighted by atomic mass is 16.5. The van der Waals surface area contributed by atoms with Gasteiger partial charge in [-0.1, -0.05) is 13.8 Å². The molecule has 7 heteroatoms. The minimum atomic E-state index is -0.799. The summed E-state index contributed by atoms with van der Waals surface area (Å²) in [6.45, 7) is 10.8. The Morgan fingerprint density at radius 2 is 1.89 bits per heavy atom. The molecule has 0 aliphatic rings. The second-order valence-electron chi connectivity index (χ2n) is 6.80. The van der Waals surface area contributed by atoms with Gasteiger partial charge in [0.2, 0.25) is 0 Å². The smallest absolute Gasteiger partial charge is 0.191 e. The Kier molecular flexibility index (Phi) is 11.4. The quantitative estimate of drug-likeness (QED) is 0.373. The topological polar surface area (TPSA) is 84.3 Å². The first-order valence-electron chi connectivity index (χ1n) is 10.00. The molecule has 0 aromatic heterocycles. The maximum atomic E-state index is 10.6. The van der Waals surface area contributed by atoms with Gasteiger partial charge in [0.15, 0.2) is 5.96 Å².